The SMILES string of the molecule is [C-]#[N+]c1ccc(-c2ccc([C@]3(F)CCCC[C@@H]3NS(=O)(=O)C(C)C)cc2)cc1. The van der Waals surface area contributed by atoms with Gasteiger partial charge in [0.1, 0.15) is 0 Å². The molecule has 1 saturated carbocycles. The summed E-state index contributed by atoms with van der Waals surface area (Å²) in [4.78, 5) is 3.38. The summed E-state index contributed by atoms with van der Waals surface area (Å²) in [6.45, 7) is 10.2. The van der Waals surface area contributed by atoms with E-state index in [2.05, 4.69) is 9.57 Å². The van der Waals surface area contributed by atoms with Crippen LogP contribution in [0.3, 0.4) is 0 Å². The minimum absolute atomic E-state index is 0.303. The number of nitrogens with one attached hydrogen (secondary N) is 1. The molecular formula is C22H25FN2O2S. The molecule has 2 atom stereocenters. The largest absolute Gasteiger partial charge is 0.238 e. The molecule has 148 valence electrons. The smallest absolute Gasteiger partial charge is 0.214 e. The molecular weight excluding hydrogens is 375 g/mol. The van der Waals surface area contributed by atoms with Crippen molar-refractivity contribution in [2.45, 2.75) is 56.5 Å². The van der Waals surface area contributed by atoms with Crippen LogP contribution in [0.15, 0.2) is 48.5 Å². The van der Waals surface area contributed by atoms with Crippen LogP contribution in [0.1, 0.15) is 45.1 Å². The minimum atomic E-state index is -3.55. The molecule has 2 aromatic rings. The highest BCUT2D eigenvalue weighted by Gasteiger charge is 2.44. The number of benzene rings is 2. The second-order valence-electron chi connectivity index (χ2n) is 7.61. The normalized spacial score (nSPS) is 22.8. The quantitative estimate of drug-likeness (QED) is 0.689. The number of halogens is 1. The van der Waals surface area contributed by atoms with Crippen molar-refractivity contribution in [3.05, 3.63) is 65.5 Å². The van der Waals surface area contributed by atoms with Gasteiger partial charge in [-0.25, -0.2) is 22.4 Å². The van der Waals surface area contributed by atoms with Gasteiger partial charge in [0.15, 0.2) is 11.4 Å². The lowest BCUT2D eigenvalue weighted by Crippen LogP contribution is -2.51. The van der Waals surface area contributed by atoms with E-state index in [9.17, 15) is 8.42 Å². The first-order valence-corrected chi connectivity index (χ1v) is 11.1. The zero-order valence-corrected chi connectivity index (χ0v) is 17.0. The Labute approximate surface area is 166 Å². The van der Waals surface area contributed by atoms with Crippen LogP contribution in [0, 0.1) is 6.57 Å². The minimum Gasteiger partial charge on any atom is -0.238 e. The fraction of sp³-hybridized carbons (Fsp3) is 0.409. The summed E-state index contributed by atoms with van der Waals surface area (Å²) < 4.78 is 43.3. The first kappa shape index (κ1) is 20.5. The molecule has 0 bridgehead atoms. The standard InChI is InChI=1S/C22H25FN2O2S/c1-16(2)28(26,27)25-21-6-4-5-15-22(21,23)19-11-7-17(8-12-19)18-9-13-20(24-3)14-10-18/h7-14,16,21,25H,4-6,15H2,1-2H3/t21-,22+/m0/s1. The van der Waals surface area contributed by atoms with Crippen LogP contribution in [0.2, 0.25) is 0 Å². The number of sulfonamides is 1. The van der Waals surface area contributed by atoms with E-state index < -0.39 is 27.0 Å². The topological polar surface area (TPSA) is 50.5 Å². The van der Waals surface area contributed by atoms with Gasteiger partial charge in [-0.2, -0.15) is 0 Å². The van der Waals surface area contributed by atoms with E-state index in [1.807, 2.05) is 24.3 Å². The average Bonchev–Trinajstić information content (AvgIpc) is 2.70. The predicted octanol–water partition coefficient (Wildman–Crippen LogP) is 5.34. The van der Waals surface area contributed by atoms with Crippen LogP contribution in [0.25, 0.3) is 16.0 Å². The van der Waals surface area contributed by atoms with Crippen molar-refractivity contribution in [2.75, 3.05) is 0 Å². The van der Waals surface area contributed by atoms with Crippen molar-refractivity contribution in [1.82, 2.24) is 4.72 Å². The number of rotatable bonds is 5. The molecule has 1 aliphatic rings. The van der Waals surface area contributed by atoms with Crippen LogP contribution in [0.4, 0.5) is 10.1 Å². The maximum absolute atomic E-state index is 16.0. The third kappa shape index (κ3) is 4.11. The van der Waals surface area contributed by atoms with Gasteiger partial charge in [0.25, 0.3) is 0 Å². The van der Waals surface area contributed by atoms with E-state index >= 15 is 4.39 Å². The molecule has 0 unspecified atom stereocenters. The van der Waals surface area contributed by atoms with Gasteiger partial charge < -0.3 is 0 Å². The van der Waals surface area contributed by atoms with Crippen LogP contribution in [-0.4, -0.2) is 19.7 Å². The molecule has 6 heteroatoms. The lowest BCUT2D eigenvalue weighted by atomic mass is 9.77. The van der Waals surface area contributed by atoms with E-state index in [1.54, 1.807) is 38.1 Å². The summed E-state index contributed by atoms with van der Waals surface area (Å²) in [7, 11) is -3.55. The van der Waals surface area contributed by atoms with E-state index in [1.165, 1.54) is 0 Å². The van der Waals surface area contributed by atoms with Crippen LogP contribution >= 0.6 is 0 Å². The second kappa shape index (κ2) is 8.02. The third-order valence-electron chi connectivity index (χ3n) is 5.46. The maximum atomic E-state index is 16.0. The molecule has 0 amide bonds. The highest BCUT2D eigenvalue weighted by molar-refractivity contribution is 7.90. The summed E-state index contributed by atoms with van der Waals surface area (Å²) >= 11 is 0. The van der Waals surface area contributed by atoms with Crippen LogP contribution in [-0.2, 0) is 15.7 Å². The fourth-order valence-corrected chi connectivity index (χ4v) is 4.61. The van der Waals surface area contributed by atoms with Gasteiger partial charge in [0.05, 0.1) is 17.9 Å². The molecule has 0 heterocycles. The van der Waals surface area contributed by atoms with E-state index in [4.69, 9.17) is 6.57 Å². The highest BCUT2D eigenvalue weighted by atomic mass is 32.2. The fourth-order valence-electron chi connectivity index (χ4n) is 3.63. The summed E-state index contributed by atoms with van der Waals surface area (Å²) in [6, 6.07) is 13.7. The van der Waals surface area contributed by atoms with Crippen molar-refractivity contribution in [2.24, 2.45) is 0 Å². The molecule has 2 aromatic carbocycles. The Morgan fingerprint density at radius 2 is 1.64 bits per heavy atom. The Hall–Kier alpha value is -2.23. The molecule has 0 aliphatic heterocycles. The molecule has 1 aliphatic carbocycles. The van der Waals surface area contributed by atoms with E-state index in [0.717, 1.165) is 24.0 Å². The van der Waals surface area contributed by atoms with E-state index in [0.29, 0.717) is 24.1 Å². The van der Waals surface area contributed by atoms with Crippen molar-refractivity contribution in [3.63, 3.8) is 0 Å². The van der Waals surface area contributed by atoms with Crippen LogP contribution < -0.4 is 4.72 Å². The van der Waals surface area contributed by atoms with Gasteiger partial charge in [-0.15, -0.1) is 0 Å². The van der Waals surface area contributed by atoms with Gasteiger partial charge in [0, 0.05) is 0 Å². The van der Waals surface area contributed by atoms with Crippen molar-refractivity contribution < 1.29 is 12.8 Å². The summed E-state index contributed by atoms with van der Waals surface area (Å²) in [6.07, 6.45) is 2.33. The molecule has 0 spiro atoms. The Bertz CT molecular complexity index is 963. The second-order valence-corrected chi connectivity index (χ2v) is 9.88. The van der Waals surface area contributed by atoms with E-state index in [-0.39, 0.29) is 0 Å². The zero-order valence-electron chi connectivity index (χ0n) is 16.2. The summed E-state index contributed by atoms with van der Waals surface area (Å²) in [5, 5.41) is -0.598. The Morgan fingerprint density at radius 1 is 1.07 bits per heavy atom. The van der Waals surface area contributed by atoms with Crippen molar-refractivity contribution in [1.29, 1.82) is 0 Å². The maximum Gasteiger partial charge on any atom is 0.214 e. The molecule has 0 aromatic heterocycles. The molecule has 1 N–H and O–H groups in total. The average molecular weight is 401 g/mol. The molecule has 1 fully saturated rings. The molecule has 0 saturated heterocycles. The molecule has 0 radical (unpaired) electrons. The first-order valence-electron chi connectivity index (χ1n) is 9.55. The van der Waals surface area contributed by atoms with Crippen molar-refractivity contribution >= 4 is 15.7 Å². The monoisotopic (exact) mass is 400 g/mol. The zero-order chi connectivity index (χ0) is 20.4. The van der Waals surface area contributed by atoms with Gasteiger partial charge in [-0.05, 0) is 49.8 Å². The summed E-state index contributed by atoms with van der Waals surface area (Å²) in [5.74, 6) is 0. The molecule has 4 nitrogen and oxygen atoms in total. The number of hydrogen-bond acceptors (Lipinski definition) is 2. The first-order chi connectivity index (χ1) is 13.3. The predicted molar refractivity (Wildman–Crippen MR) is 110 cm³/mol. The lowest BCUT2D eigenvalue weighted by molar-refractivity contribution is 0.0712. The number of nitrogens with zero attached hydrogens (tertiary/aromatic N) is 1. The van der Waals surface area contributed by atoms with Crippen LogP contribution in [0.5, 0.6) is 0 Å². The summed E-state index contributed by atoms with van der Waals surface area (Å²) in [5.41, 5.74) is 1.24. The Balaban J connectivity index is 1.88. The molecule has 28 heavy (non-hydrogen) atoms. The Kier molecular flexibility index (Phi) is 5.87. The van der Waals surface area contributed by atoms with Crippen molar-refractivity contribution in [3.8, 4) is 11.1 Å². The molecule has 3 rings (SSSR count). The van der Waals surface area contributed by atoms with Gasteiger partial charge >= 0.3 is 0 Å². The van der Waals surface area contributed by atoms with Gasteiger partial charge in [-0.3, -0.25) is 0 Å². The number of alkyl halides is 1. The third-order valence-corrected chi connectivity index (χ3v) is 7.31. The lowest BCUT2D eigenvalue weighted by Gasteiger charge is -2.38. The Morgan fingerprint density at radius 3 is 2.18 bits per heavy atom. The van der Waals surface area contributed by atoms with Gasteiger partial charge in [-0.1, -0.05) is 55.0 Å². The number of hydrogen-bond donors (Lipinski definition) is 1. The van der Waals surface area contributed by atoms with Gasteiger partial charge in [0.2, 0.25) is 10.0 Å². The highest BCUT2D eigenvalue weighted by Crippen LogP contribution is 2.42.